The number of hydrogen-bond donors (Lipinski definition) is 2. The van der Waals surface area contributed by atoms with Crippen molar-refractivity contribution in [2.24, 2.45) is 0 Å². The summed E-state index contributed by atoms with van der Waals surface area (Å²) in [6.07, 6.45) is 5.09. The fourth-order valence-electron chi connectivity index (χ4n) is 2.12. The van der Waals surface area contributed by atoms with Crippen LogP contribution in [-0.2, 0) is 6.54 Å². The van der Waals surface area contributed by atoms with Crippen molar-refractivity contribution in [3.63, 3.8) is 0 Å². The van der Waals surface area contributed by atoms with Gasteiger partial charge in [-0.3, -0.25) is 9.89 Å². The molecule has 1 aliphatic carbocycles. The van der Waals surface area contributed by atoms with Crippen molar-refractivity contribution < 1.29 is 9.32 Å². The summed E-state index contributed by atoms with van der Waals surface area (Å²) in [5.74, 6) is 1.50. The van der Waals surface area contributed by atoms with Crippen LogP contribution in [-0.4, -0.2) is 41.5 Å². The topological polar surface area (TPSA) is 127 Å². The molecule has 3 aromatic rings. The maximum atomic E-state index is 12.2. The van der Waals surface area contributed by atoms with E-state index in [1.807, 2.05) is 6.07 Å². The third-order valence-electron chi connectivity index (χ3n) is 3.43. The van der Waals surface area contributed by atoms with Crippen LogP contribution in [0.3, 0.4) is 0 Å². The highest BCUT2D eigenvalue weighted by Crippen LogP contribution is 2.40. The van der Waals surface area contributed by atoms with Gasteiger partial charge in [-0.1, -0.05) is 5.16 Å². The van der Waals surface area contributed by atoms with Gasteiger partial charge in [0.15, 0.2) is 5.82 Å². The molecule has 0 unspecified atom stereocenters. The van der Waals surface area contributed by atoms with E-state index in [1.54, 1.807) is 0 Å². The van der Waals surface area contributed by atoms with Crippen molar-refractivity contribution in [1.29, 1.82) is 0 Å². The van der Waals surface area contributed by atoms with Crippen LogP contribution in [0.25, 0.3) is 5.82 Å². The van der Waals surface area contributed by atoms with Crippen LogP contribution in [0.2, 0.25) is 0 Å². The Bertz CT molecular complexity index is 786. The van der Waals surface area contributed by atoms with Gasteiger partial charge in [0.05, 0.1) is 12.7 Å². The van der Waals surface area contributed by atoms with Gasteiger partial charge in [-0.2, -0.15) is 9.78 Å². The highest BCUT2D eigenvalue weighted by Gasteiger charge is 2.27. The van der Waals surface area contributed by atoms with E-state index in [0.717, 1.165) is 18.6 Å². The minimum absolute atomic E-state index is 0.287. The van der Waals surface area contributed by atoms with E-state index < -0.39 is 0 Å². The molecule has 112 valence electrons. The summed E-state index contributed by atoms with van der Waals surface area (Å²) >= 11 is 0. The number of nitrogens with one attached hydrogen (secondary N) is 2. The van der Waals surface area contributed by atoms with Crippen LogP contribution in [0.4, 0.5) is 0 Å². The molecule has 1 amide bonds. The van der Waals surface area contributed by atoms with E-state index in [-0.39, 0.29) is 12.5 Å². The quantitative estimate of drug-likeness (QED) is 0.688. The zero-order chi connectivity index (χ0) is 14.9. The number of aromatic nitrogens is 7. The summed E-state index contributed by atoms with van der Waals surface area (Å²) in [6.45, 7) is 0.287. The van der Waals surface area contributed by atoms with Crippen molar-refractivity contribution >= 4 is 5.91 Å². The average molecular weight is 300 g/mol. The van der Waals surface area contributed by atoms with Crippen molar-refractivity contribution in [3.05, 3.63) is 35.6 Å². The largest absolute Gasteiger partial charge is 0.361 e. The average Bonchev–Trinajstić information content (AvgIpc) is 3.01. The summed E-state index contributed by atoms with van der Waals surface area (Å²) in [7, 11) is 0. The zero-order valence-electron chi connectivity index (χ0n) is 11.4. The first kappa shape index (κ1) is 12.7. The molecule has 10 nitrogen and oxygen atoms in total. The third kappa shape index (κ3) is 2.34. The van der Waals surface area contributed by atoms with Gasteiger partial charge in [0.1, 0.15) is 23.3 Å². The van der Waals surface area contributed by atoms with Gasteiger partial charge in [0.2, 0.25) is 0 Å². The lowest BCUT2D eigenvalue weighted by Gasteiger charge is -2.02. The number of hydrogen-bond acceptors (Lipinski definition) is 7. The first-order chi connectivity index (χ1) is 10.8. The van der Waals surface area contributed by atoms with E-state index in [2.05, 4.69) is 36.2 Å². The molecule has 1 fully saturated rings. The molecule has 1 aliphatic rings. The first-order valence-corrected chi connectivity index (χ1v) is 6.81. The molecule has 1 saturated carbocycles. The Labute approximate surface area is 123 Å². The predicted molar refractivity (Wildman–Crippen MR) is 70.9 cm³/mol. The highest BCUT2D eigenvalue weighted by atomic mass is 16.5. The monoisotopic (exact) mass is 300 g/mol. The second kappa shape index (κ2) is 5.06. The highest BCUT2D eigenvalue weighted by molar-refractivity contribution is 5.96. The molecule has 0 saturated heterocycles. The Morgan fingerprint density at radius 2 is 2.41 bits per heavy atom. The maximum Gasteiger partial charge on any atom is 0.257 e. The van der Waals surface area contributed by atoms with Crippen molar-refractivity contribution in [1.82, 2.24) is 40.9 Å². The van der Waals surface area contributed by atoms with Crippen LogP contribution in [0.15, 0.2) is 23.1 Å². The Morgan fingerprint density at radius 3 is 3.18 bits per heavy atom. The van der Waals surface area contributed by atoms with E-state index >= 15 is 0 Å². The summed E-state index contributed by atoms with van der Waals surface area (Å²) in [6, 6.07) is 1.88. The smallest absolute Gasteiger partial charge is 0.257 e. The molecular formula is C12H12N8O2. The van der Waals surface area contributed by atoms with Gasteiger partial charge in [-0.05, 0) is 23.3 Å². The molecule has 0 atom stereocenters. The van der Waals surface area contributed by atoms with Gasteiger partial charge in [-0.15, -0.1) is 5.10 Å². The lowest BCUT2D eigenvalue weighted by Crippen LogP contribution is -2.24. The molecule has 0 aromatic carbocycles. The first-order valence-electron chi connectivity index (χ1n) is 6.81. The second-order valence-corrected chi connectivity index (χ2v) is 5.06. The lowest BCUT2D eigenvalue weighted by atomic mass is 10.2. The number of H-pyrrole nitrogens is 1. The molecule has 0 spiro atoms. The molecule has 0 bridgehead atoms. The Hall–Kier alpha value is -3.04. The van der Waals surface area contributed by atoms with Crippen molar-refractivity contribution in [3.8, 4) is 5.82 Å². The van der Waals surface area contributed by atoms with Crippen LogP contribution in [0, 0.1) is 0 Å². The Balaban J connectivity index is 1.45. The summed E-state index contributed by atoms with van der Waals surface area (Å²) in [5, 5.41) is 24.1. The molecule has 0 radical (unpaired) electrons. The van der Waals surface area contributed by atoms with E-state index in [0.29, 0.717) is 23.0 Å². The van der Waals surface area contributed by atoms with E-state index in [9.17, 15) is 4.79 Å². The predicted octanol–water partition coefficient (Wildman–Crippen LogP) is 0.181. The van der Waals surface area contributed by atoms with Crippen LogP contribution in [0.1, 0.15) is 40.6 Å². The number of aromatic amines is 1. The molecular weight excluding hydrogens is 288 g/mol. The lowest BCUT2D eigenvalue weighted by molar-refractivity contribution is 0.0950. The standard InChI is InChI=1S/C12H12N8O2/c21-12(9-5-14-16-11(9)20-6-15-18-19-20)13-4-8-3-10(22-17-8)7-1-2-7/h3,5-7H,1-2,4H2,(H,13,21)(H,14,16). The summed E-state index contributed by atoms with van der Waals surface area (Å²) in [5.41, 5.74) is 1.04. The molecule has 4 rings (SSSR count). The van der Waals surface area contributed by atoms with Gasteiger partial charge in [0.25, 0.3) is 5.91 Å². The fourth-order valence-corrected chi connectivity index (χ4v) is 2.12. The SMILES string of the molecule is O=C(NCc1cc(C2CC2)on1)c1cn[nH]c1-n1cnnn1. The Morgan fingerprint density at radius 1 is 1.50 bits per heavy atom. The Kier molecular flexibility index (Phi) is 2.92. The summed E-state index contributed by atoms with van der Waals surface area (Å²) < 4.78 is 6.58. The number of tetrazole rings is 1. The maximum absolute atomic E-state index is 12.2. The number of nitrogens with zero attached hydrogens (tertiary/aromatic N) is 6. The van der Waals surface area contributed by atoms with Crippen molar-refractivity contribution in [2.75, 3.05) is 0 Å². The van der Waals surface area contributed by atoms with Gasteiger partial charge in [-0.25, -0.2) is 0 Å². The zero-order valence-corrected chi connectivity index (χ0v) is 11.4. The number of carbonyl (C=O) groups is 1. The minimum Gasteiger partial charge on any atom is -0.361 e. The van der Waals surface area contributed by atoms with Gasteiger partial charge >= 0.3 is 0 Å². The minimum atomic E-state index is -0.296. The molecule has 3 aromatic heterocycles. The third-order valence-corrected chi connectivity index (χ3v) is 3.43. The van der Waals surface area contributed by atoms with E-state index in [1.165, 1.54) is 17.2 Å². The normalized spacial score (nSPS) is 14.2. The number of rotatable bonds is 5. The van der Waals surface area contributed by atoms with Gasteiger partial charge < -0.3 is 9.84 Å². The molecule has 3 heterocycles. The molecule has 2 N–H and O–H groups in total. The van der Waals surface area contributed by atoms with Crippen molar-refractivity contribution in [2.45, 2.75) is 25.3 Å². The molecule has 22 heavy (non-hydrogen) atoms. The van der Waals surface area contributed by atoms with Crippen LogP contribution < -0.4 is 5.32 Å². The number of amides is 1. The second-order valence-electron chi connectivity index (χ2n) is 5.06. The summed E-state index contributed by atoms with van der Waals surface area (Å²) in [4.78, 5) is 12.2. The molecule has 10 heteroatoms. The number of carbonyl (C=O) groups excluding carboxylic acids is 1. The van der Waals surface area contributed by atoms with Crippen LogP contribution >= 0.6 is 0 Å². The van der Waals surface area contributed by atoms with E-state index in [4.69, 9.17) is 4.52 Å². The van der Waals surface area contributed by atoms with Crippen LogP contribution in [0.5, 0.6) is 0 Å². The van der Waals surface area contributed by atoms with Gasteiger partial charge in [0, 0.05) is 12.0 Å². The fraction of sp³-hybridized carbons (Fsp3) is 0.333. The molecule has 0 aliphatic heterocycles.